The number of aromatic nitrogens is 1. The van der Waals surface area contributed by atoms with Crippen molar-refractivity contribution in [3.8, 4) is 11.6 Å². The molecule has 92 valence electrons. The highest BCUT2D eigenvalue weighted by atomic mass is 79.9. The molecule has 2 aromatic rings. The molecule has 18 heavy (non-hydrogen) atoms. The van der Waals surface area contributed by atoms with E-state index >= 15 is 0 Å². The summed E-state index contributed by atoms with van der Waals surface area (Å²) in [4.78, 5) is 15.0. The Balaban J connectivity index is 2.40. The van der Waals surface area contributed by atoms with Crippen LogP contribution in [0.2, 0.25) is 0 Å². The van der Waals surface area contributed by atoms with Crippen LogP contribution in [0.15, 0.2) is 41.0 Å². The maximum absolute atomic E-state index is 13.5. The van der Waals surface area contributed by atoms with E-state index in [0.29, 0.717) is 4.47 Å². The molecule has 0 unspecified atom stereocenters. The smallest absolute Gasteiger partial charge is 0.254 e. The molecule has 0 aliphatic carbocycles. The summed E-state index contributed by atoms with van der Waals surface area (Å²) in [5, 5.41) is 0. The normalized spacial score (nSPS) is 10.1. The number of pyridine rings is 1. The standard InChI is InChI=1S/C12H8BrFN2O2/c13-7-3-4-9(14)10(6-7)18-12-8(11(15)17)2-1-5-16-12/h1-6H,(H2,15,17). The van der Waals surface area contributed by atoms with Gasteiger partial charge < -0.3 is 10.5 Å². The first-order valence-corrected chi connectivity index (χ1v) is 5.75. The Hall–Kier alpha value is -1.95. The fourth-order valence-electron chi connectivity index (χ4n) is 1.32. The van der Waals surface area contributed by atoms with Crippen LogP contribution in [0.4, 0.5) is 4.39 Å². The van der Waals surface area contributed by atoms with Crippen LogP contribution >= 0.6 is 15.9 Å². The van der Waals surface area contributed by atoms with E-state index in [2.05, 4.69) is 20.9 Å². The van der Waals surface area contributed by atoms with Crippen molar-refractivity contribution in [2.45, 2.75) is 0 Å². The number of nitrogens with zero attached hydrogens (tertiary/aromatic N) is 1. The van der Waals surface area contributed by atoms with Crippen molar-refractivity contribution in [1.29, 1.82) is 0 Å². The van der Waals surface area contributed by atoms with E-state index < -0.39 is 11.7 Å². The van der Waals surface area contributed by atoms with E-state index in [0.717, 1.165) is 0 Å². The number of benzene rings is 1. The number of rotatable bonds is 3. The molecule has 0 radical (unpaired) electrons. The Morgan fingerprint density at radius 2 is 2.17 bits per heavy atom. The number of primary amides is 1. The molecule has 0 aliphatic rings. The zero-order chi connectivity index (χ0) is 13.1. The summed E-state index contributed by atoms with van der Waals surface area (Å²) in [7, 11) is 0. The van der Waals surface area contributed by atoms with Gasteiger partial charge in [-0.3, -0.25) is 4.79 Å². The van der Waals surface area contributed by atoms with Crippen molar-refractivity contribution in [2.75, 3.05) is 0 Å². The van der Waals surface area contributed by atoms with Crippen molar-refractivity contribution in [2.24, 2.45) is 5.73 Å². The molecule has 4 nitrogen and oxygen atoms in total. The van der Waals surface area contributed by atoms with E-state index in [1.807, 2.05) is 0 Å². The van der Waals surface area contributed by atoms with E-state index in [1.165, 1.54) is 30.5 Å². The van der Waals surface area contributed by atoms with Gasteiger partial charge in [0.05, 0.1) is 0 Å². The number of hydrogen-bond acceptors (Lipinski definition) is 3. The number of amides is 1. The first-order valence-electron chi connectivity index (χ1n) is 4.95. The predicted octanol–water partition coefficient (Wildman–Crippen LogP) is 2.87. The lowest BCUT2D eigenvalue weighted by Crippen LogP contribution is -2.12. The van der Waals surface area contributed by atoms with Crippen molar-refractivity contribution in [3.05, 3.63) is 52.4 Å². The number of ether oxygens (including phenoxy) is 1. The molecule has 2 rings (SSSR count). The highest BCUT2D eigenvalue weighted by molar-refractivity contribution is 9.10. The van der Waals surface area contributed by atoms with Gasteiger partial charge in [-0.15, -0.1) is 0 Å². The molecule has 0 saturated heterocycles. The minimum atomic E-state index is -0.687. The molecule has 1 amide bonds. The largest absolute Gasteiger partial charge is 0.435 e. The minimum Gasteiger partial charge on any atom is -0.435 e. The third-order valence-corrected chi connectivity index (χ3v) is 2.63. The molecule has 0 fully saturated rings. The number of carbonyl (C=O) groups is 1. The Labute approximate surface area is 111 Å². The van der Waals surface area contributed by atoms with Crippen LogP contribution in [0.25, 0.3) is 0 Å². The quantitative estimate of drug-likeness (QED) is 0.948. The summed E-state index contributed by atoms with van der Waals surface area (Å²) in [5.74, 6) is -1.31. The fourth-order valence-corrected chi connectivity index (χ4v) is 1.66. The van der Waals surface area contributed by atoms with Gasteiger partial charge in [0.2, 0.25) is 5.88 Å². The van der Waals surface area contributed by atoms with Crippen LogP contribution in [0.5, 0.6) is 11.6 Å². The van der Waals surface area contributed by atoms with Crippen LogP contribution in [-0.4, -0.2) is 10.9 Å². The van der Waals surface area contributed by atoms with Gasteiger partial charge in [0.25, 0.3) is 5.91 Å². The molecular formula is C12H8BrFN2O2. The average Bonchev–Trinajstić information content (AvgIpc) is 2.34. The number of hydrogen-bond donors (Lipinski definition) is 1. The first kappa shape index (κ1) is 12.5. The van der Waals surface area contributed by atoms with Crippen LogP contribution in [-0.2, 0) is 0 Å². The number of carbonyl (C=O) groups excluding carboxylic acids is 1. The predicted molar refractivity (Wildman–Crippen MR) is 66.9 cm³/mol. The van der Waals surface area contributed by atoms with Crippen LogP contribution in [0.1, 0.15) is 10.4 Å². The van der Waals surface area contributed by atoms with Gasteiger partial charge in [0.1, 0.15) is 5.56 Å². The lowest BCUT2D eigenvalue weighted by molar-refractivity contribution is 0.0997. The van der Waals surface area contributed by atoms with Gasteiger partial charge >= 0.3 is 0 Å². The van der Waals surface area contributed by atoms with Gasteiger partial charge in [0, 0.05) is 10.7 Å². The zero-order valence-electron chi connectivity index (χ0n) is 9.06. The van der Waals surface area contributed by atoms with E-state index in [9.17, 15) is 9.18 Å². The highest BCUT2D eigenvalue weighted by Crippen LogP contribution is 2.28. The molecule has 6 heteroatoms. The summed E-state index contributed by atoms with van der Waals surface area (Å²) in [6, 6.07) is 7.22. The lowest BCUT2D eigenvalue weighted by Gasteiger charge is -2.08. The molecular weight excluding hydrogens is 303 g/mol. The van der Waals surface area contributed by atoms with Crippen molar-refractivity contribution >= 4 is 21.8 Å². The van der Waals surface area contributed by atoms with Crippen LogP contribution in [0, 0.1) is 5.82 Å². The van der Waals surface area contributed by atoms with Gasteiger partial charge in [-0.05, 0) is 30.3 Å². The van der Waals surface area contributed by atoms with E-state index in [1.54, 1.807) is 6.07 Å². The average molecular weight is 311 g/mol. The van der Waals surface area contributed by atoms with Crippen molar-refractivity contribution in [1.82, 2.24) is 4.98 Å². The summed E-state index contributed by atoms with van der Waals surface area (Å²) in [6.45, 7) is 0. The SMILES string of the molecule is NC(=O)c1cccnc1Oc1cc(Br)ccc1F. The second kappa shape index (κ2) is 5.14. The molecule has 0 saturated carbocycles. The van der Waals surface area contributed by atoms with Crippen molar-refractivity contribution in [3.63, 3.8) is 0 Å². The van der Waals surface area contributed by atoms with Crippen molar-refractivity contribution < 1.29 is 13.9 Å². The maximum Gasteiger partial charge on any atom is 0.254 e. The maximum atomic E-state index is 13.5. The summed E-state index contributed by atoms with van der Waals surface area (Å²) < 4.78 is 19.4. The van der Waals surface area contributed by atoms with E-state index in [4.69, 9.17) is 10.5 Å². The number of nitrogens with two attached hydrogens (primary N) is 1. The van der Waals surface area contributed by atoms with Gasteiger partial charge in [0.15, 0.2) is 11.6 Å². The van der Waals surface area contributed by atoms with Gasteiger partial charge in [-0.25, -0.2) is 9.37 Å². The zero-order valence-corrected chi connectivity index (χ0v) is 10.6. The molecule has 2 N–H and O–H groups in total. The van der Waals surface area contributed by atoms with Gasteiger partial charge in [-0.1, -0.05) is 15.9 Å². The first-order chi connectivity index (χ1) is 8.58. The molecule has 0 bridgehead atoms. The lowest BCUT2D eigenvalue weighted by atomic mass is 10.2. The molecule has 0 spiro atoms. The third-order valence-electron chi connectivity index (χ3n) is 2.14. The van der Waals surface area contributed by atoms with Crippen LogP contribution in [0.3, 0.4) is 0 Å². The molecule has 0 atom stereocenters. The summed E-state index contributed by atoms with van der Waals surface area (Å²) in [5.41, 5.74) is 5.27. The van der Waals surface area contributed by atoms with Gasteiger partial charge in [-0.2, -0.15) is 0 Å². The molecule has 1 heterocycles. The highest BCUT2D eigenvalue weighted by Gasteiger charge is 2.13. The second-order valence-corrected chi connectivity index (χ2v) is 4.31. The summed E-state index contributed by atoms with van der Waals surface area (Å²) >= 11 is 3.20. The van der Waals surface area contributed by atoms with Crippen LogP contribution < -0.4 is 10.5 Å². The molecule has 0 aliphatic heterocycles. The third kappa shape index (κ3) is 2.65. The minimum absolute atomic E-state index is 0.0259. The Morgan fingerprint density at radius 3 is 2.89 bits per heavy atom. The fraction of sp³-hybridized carbons (Fsp3) is 0. The topological polar surface area (TPSA) is 65.2 Å². The Morgan fingerprint density at radius 1 is 1.39 bits per heavy atom. The van der Waals surface area contributed by atoms with E-state index in [-0.39, 0.29) is 17.2 Å². The number of halogens is 2. The molecule has 1 aromatic carbocycles. The monoisotopic (exact) mass is 310 g/mol. The summed E-state index contributed by atoms with van der Waals surface area (Å²) in [6.07, 6.45) is 1.43. The second-order valence-electron chi connectivity index (χ2n) is 3.40. The molecule has 1 aromatic heterocycles. The Bertz CT molecular complexity index is 604. The Kier molecular flexibility index (Phi) is 3.57.